The van der Waals surface area contributed by atoms with Gasteiger partial charge >= 0.3 is 11.7 Å². The van der Waals surface area contributed by atoms with Crippen molar-refractivity contribution in [3.63, 3.8) is 0 Å². The fourth-order valence-electron chi connectivity index (χ4n) is 6.30. The largest absolute Gasteiger partial charge is 0.481 e. The maximum absolute atomic E-state index is 14.1. The Kier molecular flexibility index (Phi) is 8.75. The van der Waals surface area contributed by atoms with Crippen LogP contribution in [0.15, 0.2) is 53.6 Å². The van der Waals surface area contributed by atoms with Crippen LogP contribution in [0.25, 0.3) is 22.5 Å². The monoisotopic (exact) mass is 557 g/mol. The normalized spacial score (nSPS) is 19.4. The lowest BCUT2D eigenvalue weighted by Crippen LogP contribution is -2.39. The molecule has 1 aliphatic carbocycles. The zero-order valence-corrected chi connectivity index (χ0v) is 24.0. The van der Waals surface area contributed by atoms with Crippen LogP contribution in [-0.2, 0) is 17.8 Å². The van der Waals surface area contributed by atoms with Crippen LogP contribution in [0.4, 0.5) is 0 Å². The standard InChI is InChI=1S/C31H39N7O3/c1-4-5-11-25-19-38(28-26(20(2)3)12-6-7-13-27(28)30(39)40)31(41)37(25)18-24-17-22(14-15-32-24)21-9-8-10-23(16-21)29-33-35-36-34-29/h8-10,14-17,19-20,26-28H,4-7,11-13,18H2,1-3H3,(H,39,40)(H,33,34,35,36). The van der Waals surface area contributed by atoms with Crippen molar-refractivity contribution in [2.45, 2.75) is 78.3 Å². The molecule has 41 heavy (non-hydrogen) atoms. The van der Waals surface area contributed by atoms with Crippen LogP contribution in [0.1, 0.15) is 76.7 Å². The highest BCUT2D eigenvalue weighted by atomic mass is 16.4. The number of pyridine rings is 1. The van der Waals surface area contributed by atoms with Gasteiger partial charge in [0.2, 0.25) is 5.82 Å². The molecule has 3 aromatic heterocycles. The number of hydrogen-bond donors (Lipinski definition) is 2. The van der Waals surface area contributed by atoms with Crippen LogP contribution < -0.4 is 5.69 Å². The Labute approximate surface area is 239 Å². The maximum atomic E-state index is 14.1. The molecule has 216 valence electrons. The predicted molar refractivity (Wildman–Crippen MR) is 156 cm³/mol. The topological polar surface area (TPSA) is 132 Å². The SMILES string of the molecule is CCCCc1cn(C2C(C(=O)O)CCCCC2C(C)C)c(=O)n1Cc1cc(-c2cccc(-c3nn[nH]n3)c2)ccn1. The number of nitrogens with zero attached hydrogens (tertiary/aromatic N) is 6. The van der Waals surface area contributed by atoms with E-state index in [1.165, 1.54) is 0 Å². The summed E-state index contributed by atoms with van der Waals surface area (Å²) in [4.78, 5) is 31.2. The first-order valence-corrected chi connectivity index (χ1v) is 14.7. The van der Waals surface area contributed by atoms with Crippen LogP contribution in [0.5, 0.6) is 0 Å². The zero-order valence-electron chi connectivity index (χ0n) is 24.0. The van der Waals surface area contributed by atoms with Crippen molar-refractivity contribution in [2.75, 3.05) is 0 Å². The van der Waals surface area contributed by atoms with Gasteiger partial charge in [-0.05, 0) is 72.1 Å². The first kappa shape index (κ1) is 28.4. The van der Waals surface area contributed by atoms with E-state index in [-0.39, 0.29) is 23.6 Å². The van der Waals surface area contributed by atoms with Gasteiger partial charge in [0.1, 0.15) is 0 Å². The van der Waals surface area contributed by atoms with Crippen molar-refractivity contribution in [2.24, 2.45) is 17.8 Å². The van der Waals surface area contributed by atoms with Gasteiger partial charge in [-0.25, -0.2) is 4.79 Å². The van der Waals surface area contributed by atoms with Gasteiger partial charge in [0.15, 0.2) is 0 Å². The summed E-state index contributed by atoms with van der Waals surface area (Å²) in [6, 6.07) is 11.5. The lowest BCUT2D eigenvalue weighted by molar-refractivity contribution is -0.144. The molecule has 3 atom stereocenters. The van der Waals surface area contributed by atoms with Crippen molar-refractivity contribution in [3.05, 3.63) is 70.7 Å². The first-order valence-electron chi connectivity index (χ1n) is 14.7. The first-order chi connectivity index (χ1) is 19.9. The molecule has 0 amide bonds. The molecular formula is C31H39N7O3. The number of aliphatic carboxylic acids is 1. The van der Waals surface area contributed by atoms with Gasteiger partial charge in [0, 0.05) is 23.7 Å². The molecule has 5 rings (SSSR count). The van der Waals surface area contributed by atoms with Gasteiger partial charge < -0.3 is 5.11 Å². The molecule has 1 fully saturated rings. The number of carboxylic acids is 1. The van der Waals surface area contributed by atoms with Gasteiger partial charge in [0.05, 0.1) is 24.2 Å². The van der Waals surface area contributed by atoms with E-state index in [9.17, 15) is 14.7 Å². The van der Waals surface area contributed by atoms with Gasteiger partial charge in [-0.2, -0.15) is 5.21 Å². The number of aryl methyl sites for hydroxylation is 1. The minimum atomic E-state index is -0.810. The summed E-state index contributed by atoms with van der Waals surface area (Å²) >= 11 is 0. The van der Waals surface area contributed by atoms with E-state index in [1.54, 1.807) is 15.3 Å². The Morgan fingerprint density at radius 1 is 1.12 bits per heavy atom. The highest BCUT2D eigenvalue weighted by molar-refractivity contribution is 5.71. The number of hydrogen-bond acceptors (Lipinski definition) is 6. The van der Waals surface area contributed by atoms with Gasteiger partial charge in [-0.15, -0.1) is 10.2 Å². The average Bonchev–Trinajstić information content (AvgIpc) is 3.54. The lowest BCUT2D eigenvalue weighted by Gasteiger charge is -2.32. The predicted octanol–water partition coefficient (Wildman–Crippen LogP) is 5.37. The fraction of sp³-hybridized carbons (Fsp3) is 0.484. The molecular weight excluding hydrogens is 518 g/mol. The number of rotatable bonds is 10. The third-order valence-electron chi connectivity index (χ3n) is 8.46. The van der Waals surface area contributed by atoms with Crippen LogP contribution in [-0.4, -0.2) is 45.8 Å². The van der Waals surface area contributed by atoms with E-state index in [2.05, 4.69) is 46.4 Å². The number of tetrazole rings is 1. The van der Waals surface area contributed by atoms with Gasteiger partial charge in [-0.3, -0.25) is 18.9 Å². The third kappa shape index (κ3) is 6.16. The third-order valence-corrected chi connectivity index (χ3v) is 8.46. The van der Waals surface area contributed by atoms with Crippen molar-refractivity contribution < 1.29 is 9.90 Å². The smallest absolute Gasteiger partial charge is 0.328 e. The number of aromatic amines is 1. The van der Waals surface area contributed by atoms with E-state index in [1.807, 2.05) is 42.6 Å². The highest BCUT2D eigenvalue weighted by Crippen LogP contribution is 2.41. The van der Waals surface area contributed by atoms with Crippen molar-refractivity contribution >= 4 is 5.97 Å². The van der Waals surface area contributed by atoms with E-state index < -0.39 is 11.9 Å². The van der Waals surface area contributed by atoms with E-state index in [0.717, 1.165) is 66.6 Å². The molecule has 0 radical (unpaired) electrons. The summed E-state index contributed by atoms with van der Waals surface area (Å²) < 4.78 is 3.57. The fourth-order valence-corrected chi connectivity index (χ4v) is 6.30. The number of imidazole rings is 1. The molecule has 10 heteroatoms. The molecule has 3 heterocycles. The second-order valence-corrected chi connectivity index (χ2v) is 11.5. The Morgan fingerprint density at radius 3 is 2.63 bits per heavy atom. The van der Waals surface area contributed by atoms with Crippen LogP contribution >= 0.6 is 0 Å². The second kappa shape index (κ2) is 12.6. The van der Waals surface area contributed by atoms with Crippen molar-refractivity contribution in [1.29, 1.82) is 0 Å². The number of H-pyrrole nitrogens is 1. The Morgan fingerprint density at radius 2 is 1.90 bits per heavy atom. The Balaban J connectivity index is 1.52. The molecule has 4 aromatic rings. The Bertz CT molecular complexity index is 1520. The Hall–Kier alpha value is -4.08. The summed E-state index contributed by atoms with van der Waals surface area (Å²) in [6.07, 6.45) is 9.79. The van der Waals surface area contributed by atoms with Crippen LogP contribution in [0.3, 0.4) is 0 Å². The molecule has 10 nitrogen and oxygen atoms in total. The number of carbonyl (C=O) groups is 1. The van der Waals surface area contributed by atoms with E-state index in [4.69, 9.17) is 0 Å². The summed E-state index contributed by atoms with van der Waals surface area (Å²) in [6.45, 7) is 6.74. The molecule has 1 saturated carbocycles. The molecule has 0 aliphatic heterocycles. The quantitative estimate of drug-likeness (QED) is 0.251. The van der Waals surface area contributed by atoms with Gasteiger partial charge in [-0.1, -0.05) is 58.2 Å². The van der Waals surface area contributed by atoms with E-state index >= 15 is 0 Å². The summed E-state index contributed by atoms with van der Waals surface area (Å²) in [7, 11) is 0. The van der Waals surface area contributed by atoms with Crippen LogP contribution in [0, 0.1) is 17.8 Å². The maximum Gasteiger partial charge on any atom is 0.328 e. The van der Waals surface area contributed by atoms with E-state index in [0.29, 0.717) is 18.8 Å². The summed E-state index contributed by atoms with van der Waals surface area (Å²) in [5.74, 6) is -0.470. The number of unbranched alkanes of at least 4 members (excludes halogenated alkanes) is 1. The lowest BCUT2D eigenvalue weighted by atomic mass is 9.80. The van der Waals surface area contributed by atoms with Crippen molar-refractivity contribution in [1.82, 2.24) is 34.7 Å². The molecule has 0 spiro atoms. The number of benzene rings is 1. The molecule has 1 aromatic carbocycles. The van der Waals surface area contributed by atoms with Crippen molar-refractivity contribution in [3.8, 4) is 22.5 Å². The highest BCUT2D eigenvalue weighted by Gasteiger charge is 2.40. The second-order valence-electron chi connectivity index (χ2n) is 11.5. The molecule has 1 aliphatic rings. The number of aromatic nitrogens is 7. The van der Waals surface area contributed by atoms with Gasteiger partial charge in [0.25, 0.3) is 0 Å². The average molecular weight is 558 g/mol. The van der Waals surface area contributed by atoms with Crippen LogP contribution in [0.2, 0.25) is 0 Å². The molecule has 3 unspecified atom stereocenters. The number of carboxylic acid groups (broad SMARTS) is 1. The minimum Gasteiger partial charge on any atom is -0.481 e. The molecule has 0 saturated heterocycles. The molecule has 0 bridgehead atoms. The number of nitrogens with one attached hydrogen (secondary N) is 1. The molecule has 2 N–H and O–H groups in total. The zero-order chi connectivity index (χ0) is 28.9. The summed E-state index contributed by atoms with van der Waals surface area (Å²) in [5, 5.41) is 24.5. The summed E-state index contributed by atoms with van der Waals surface area (Å²) in [5.41, 5.74) is 4.35. The minimum absolute atomic E-state index is 0.124.